The van der Waals surface area contributed by atoms with Gasteiger partial charge >= 0.3 is 0 Å². The van der Waals surface area contributed by atoms with Gasteiger partial charge in [0.1, 0.15) is 5.75 Å². The third kappa shape index (κ3) is 2.37. The van der Waals surface area contributed by atoms with E-state index in [0.717, 1.165) is 28.3 Å². The number of nitrogen functional groups attached to an aromatic ring is 1. The van der Waals surface area contributed by atoms with Gasteiger partial charge in [0.2, 0.25) is 5.82 Å². The molecule has 6 heteroatoms. The molecule has 0 bridgehead atoms. The van der Waals surface area contributed by atoms with Crippen molar-refractivity contribution in [3.63, 3.8) is 0 Å². The number of phenols is 2. The lowest BCUT2D eigenvalue weighted by atomic mass is 9.95. The fourth-order valence-corrected chi connectivity index (χ4v) is 4.17. The number of nitrogens with two attached hydrogens (primary N) is 1. The molecular formula is C20H15F2NO2S. The highest BCUT2D eigenvalue weighted by atomic mass is 32.1. The van der Waals surface area contributed by atoms with E-state index in [2.05, 4.69) is 0 Å². The number of halogens is 2. The second-order valence-electron chi connectivity index (χ2n) is 6.28. The first-order chi connectivity index (χ1) is 12.4. The van der Waals surface area contributed by atoms with Crippen LogP contribution < -0.4 is 5.73 Å². The first kappa shape index (κ1) is 16.6. The van der Waals surface area contributed by atoms with E-state index in [0.29, 0.717) is 22.6 Å². The number of phenolic OH excluding ortho intramolecular Hbond substituents is 2. The van der Waals surface area contributed by atoms with Gasteiger partial charge < -0.3 is 15.9 Å². The Labute approximate surface area is 152 Å². The van der Waals surface area contributed by atoms with Crippen LogP contribution in [-0.4, -0.2) is 10.2 Å². The van der Waals surface area contributed by atoms with Gasteiger partial charge in [0.25, 0.3) is 0 Å². The minimum Gasteiger partial charge on any atom is -0.508 e. The highest BCUT2D eigenvalue weighted by Gasteiger charge is 2.29. The highest BCUT2D eigenvalue weighted by Crippen LogP contribution is 2.47. The number of rotatable bonds is 2. The Morgan fingerprint density at radius 3 is 2.46 bits per heavy atom. The van der Waals surface area contributed by atoms with Gasteiger partial charge in [-0.05, 0) is 76.9 Å². The number of allylic oxidation sites excluding steroid dienone is 1. The van der Waals surface area contributed by atoms with Crippen molar-refractivity contribution in [3.8, 4) is 11.5 Å². The van der Waals surface area contributed by atoms with Gasteiger partial charge in [0.05, 0.1) is 5.00 Å². The topological polar surface area (TPSA) is 66.5 Å². The average molecular weight is 371 g/mol. The second kappa shape index (κ2) is 5.85. The molecule has 0 saturated heterocycles. The van der Waals surface area contributed by atoms with Crippen LogP contribution in [0.3, 0.4) is 0 Å². The third-order valence-electron chi connectivity index (χ3n) is 4.73. The van der Waals surface area contributed by atoms with E-state index in [1.807, 2.05) is 18.4 Å². The van der Waals surface area contributed by atoms with Gasteiger partial charge in [0, 0.05) is 11.1 Å². The lowest BCUT2D eigenvalue weighted by molar-refractivity contribution is 0.406. The van der Waals surface area contributed by atoms with E-state index in [1.165, 1.54) is 17.4 Å². The monoisotopic (exact) mass is 371 g/mol. The molecule has 4 N–H and O–H groups in total. The molecule has 26 heavy (non-hydrogen) atoms. The van der Waals surface area contributed by atoms with E-state index < -0.39 is 17.4 Å². The van der Waals surface area contributed by atoms with Crippen LogP contribution in [0.5, 0.6) is 11.5 Å². The Kier molecular flexibility index (Phi) is 3.73. The Morgan fingerprint density at radius 2 is 1.77 bits per heavy atom. The molecule has 1 heterocycles. The first-order valence-corrected chi connectivity index (χ1v) is 8.83. The molecule has 0 spiro atoms. The van der Waals surface area contributed by atoms with E-state index in [4.69, 9.17) is 5.73 Å². The molecule has 0 unspecified atom stereocenters. The maximum absolute atomic E-state index is 14.6. The largest absolute Gasteiger partial charge is 0.508 e. The molecule has 2 aromatic carbocycles. The summed E-state index contributed by atoms with van der Waals surface area (Å²) in [6, 6.07) is 7.61. The Morgan fingerprint density at radius 1 is 1.00 bits per heavy atom. The van der Waals surface area contributed by atoms with Crippen LogP contribution in [0, 0.1) is 18.6 Å². The van der Waals surface area contributed by atoms with Crippen molar-refractivity contribution >= 4 is 27.5 Å². The maximum Gasteiger partial charge on any atom is 0.200 e. The summed E-state index contributed by atoms with van der Waals surface area (Å²) in [5, 5.41) is 21.9. The summed E-state index contributed by atoms with van der Waals surface area (Å²) in [5.74, 6) is -3.00. The number of aromatic hydroxyl groups is 2. The fraction of sp³-hybridized carbons (Fsp3) is 0.100. The van der Waals surface area contributed by atoms with Crippen LogP contribution in [-0.2, 0) is 6.42 Å². The van der Waals surface area contributed by atoms with E-state index in [-0.39, 0.29) is 11.3 Å². The van der Waals surface area contributed by atoms with Gasteiger partial charge in [0.15, 0.2) is 11.6 Å². The maximum atomic E-state index is 14.6. The number of anilines is 1. The molecule has 0 radical (unpaired) electrons. The summed E-state index contributed by atoms with van der Waals surface area (Å²) < 4.78 is 28.5. The number of hydrogen-bond acceptors (Lipinski definition) is 4. The molecule has 0 atom stereocenters. The molecule has 1 aliphatic carbocycles. The zero-order chi connectivity index (χ0) is 18.6. The van der Waals surface area contributed by atoms with Crippen molar-refractivity contribution < 1.29 is 19.0 Å². The van der Waals surface area contributed by atoms with Crippen molar-refractivity contribution in [2.24, 2.45) is 0 Å². The summed E-state index contributed by atoms with van der Waals surface area (Å²) in [5.41, 5.74) is 10.7. The lowest BCUT2D eigenvalue weighted by Crippen LogP contribution is -1.97. The molecule has 1 aromatic heterocycles. The van der Waals surface area contributed by atoms with E-state index >= 15 is 0 Å². The smallest absolute Gasteiger partial charge is 0.200 e. The molecule has 0 aliphatic heterocycles. The van der Waals surface area contributed by atoms with E-state index in [1.54, 1.807) is 12.1 Å². The number of aryl methyl sites for hydroxylation is 1. The van der Waals surface area contributed by atoms with Crippen molar-refractivity contribution in [1.82, 2.24) is 0 Å². The molecule has 3 aromatic rings. The highest BCUT2D eigenvalue weighted by molar-refractivity contribution is 7.14. The molecule has 1 aliphatic rings. The van der Waals surface area contributed by atoms with Crippen LogP contribution in [0.1, 0.15) is 27.8 Å². The van der Waals surface area contributed by atoms with Crippen molar-refractivity contribution in [2.75, 3.05) is 5.73 Å². The Hall–Kier alpha value is -2.86. The van der Waals surface area contributed by atoms with Crippen LogP contribution in [0.25, 0.3) is 11.1 Å². The molecular weight excluding hydrogens is 356 g/mol. The average Bonchev–Trinajstić information content (AvgIpc) is 3.16. The lowest BCUT2D eigenvalue weighted by Gasteiger charge is -2.11. The van der Waals surface area contributed by atoms with Crippen LogP contribution >= 0.6 is 11.3 Å². The zero-order valence-corrected chi connectivity index (χ0v) is 14.6. The molecule has 0 amide bonds. The van der Waals surface area contributed by atoms with Crippen LogP contribution in [0.15, 0.2) is 35.7 Å². The molecule has 132 valence electrons. The van der Waals surface area contributed by atoms with Crippen LogP contribution in [0.4, 0.5) is 13.8 Å². The SMILES string of the molecule is Cc1cc(O)cc2c1CC(c1ccc(O)c(F)c1F)=C2c1ccsc1N. The predicted octanol–water partition coefficient (Wildman–Crippen LogP) is 4.84. The van der Waals surface area contributed by atoms with Gasteiger partial charge in [-0.3, -0.25) is 0 Å². The normalized spacial score (nSPS) is 13.3. The van der Waals surface area contributed by atoms with Crippen LogP contribution in [0.2, 0.25) is 0 Å². The predicted molar refractivity (Wildman–Crippen MR) is 99.2 cm³/mol. The zero-order valence-electron chi connectivity index (χ0n) is 13.8. The fourth-order valence-electron chi connectivity index (χ4n) is 3.52. The summed E-state index contributed by atoms with van der Waals surface area (Å²) in [4.78, 5) is 0. The standard InChI is InChI=1S/C20H15F2NO2S/c1-9-6-10(24)7-14-13(9)8-15(17(14)12-4-5-26-20(12)23)11-2-3-16(25)19(22)18(11)21/h2-7,24-25H,8,23H2,1H3. The van der Waals surface area contributed by atoms with Gasteiger partial charge in [-0.15, -0.1) is 11.3 Å². The second-order valence-corrected chi connectivity index (χ2v) is 7.23. The van der Waals surface area contributed by atoms with Gasteiger partial charge in [-0.2, -0.15) is 4.39 Å². The summed E-state index contributed by atoms with van der Waals surface area (Å²) in [6.07, 6.45) is 0.382. The van der Waals surface area contributed by atoms with Crippen molar-refractivity contribution in [2.45, 2.75) is 13.3 Å². The van der Waals surface area contributed by atoms with Crippen molar-refractivity contribution in [1.29, 1.82) is 0 Å². The molecule has 0 saturated carbocycles. The molecule has 3 nitrogen and oxygen atoms in total. The van der Waals surface area contributed by atoms with Gasteiger partial charge in [-0.25, -0.2) is 4.39 Å². The summed E-state index contributed by atoms with van der Waals surface area (Å²) in [6.45, 7) is 1.86. The van der Waals surface area contributed by atoms with Crippen molar-refractivity contribution in [3.05, 3.63) is 75.2 Å². The quantitative estimate of drug-likeness (QED) is 0.604. The first-order valence-electron chi connectivity index (χ1n) is 7.95. The summed E-state index contributed by atoms with van der Waals surface area (Å²) in [7, 11) is 0. The van der Waals surface area contributed by atoms with E-state index in [9.17, 15) is 19.0 Å². The minimum absolute atomic E-state index is 0.0796. The molecule has 0 fully saturated rings. The van der Waals surface area contributed by atoms with Gasteiger partial charge in [-0.1, -0.05) is 0 Å². The number of hydrogen-bond donors (Lipinski definition) is 3. The Bertz CT molecular complexity index is 1090. The third-order valence-corrected chi connectivity index (χ3v) is 5.48. The number of thiophene rings is 1. The minimum atomic E-state index is -1.27. The number of fused-ring (bicyclic) bond motifs is 1. The number of benzene rings is 2. The summed E-state index contributed by atoms with van der Waals surface area (Å²) >= 11 is 1.35. The molecule has 4 rings (SSSR count). The Balaban J connectivity index is 2.05.